The van der Waals surface area contributed by atoms with Gasteiger partial charge in [0.2, 0.25) is 0 Å². The van der Waals surface area contributed by atoms with Gasteiger partial charge in [0.1, 0.15) is 11.2 Å². The lowest BCUT2D eigenvalue weighted by atomic mass is 10.1. The molecule has 0 aliphatic heterocycles. The van der Waals surface area contributed by atoms with Crippen LogP contribution in [-0.4, -0.2) is 17.0 Å². The fourth-order valence-corrected chi connectivity index (χ4v) is 4.29. The highest BCUT2D eigenvalue weighted by Crippen LogP contribution is 2.52. The Hall–Kier alpha value is -0.810. The second-order valence-corrected chi connectivity index (χ2v) is 8.92. The number of Topliss-reactive ketones (excluding diaryl/α,β-unsaturated/α-hetero) is 1. The van der Waals surface area contributed by atoms with Gasteiger partial charge in [-0.05, 0) is 49.9 Å². The molecule has 148 valence electrons. The van der Waals surface area contributed by atoms with E-state index in [1.54, 1.807) is 36.4 Å². The standard InChI is InChI=1S/C21H18Cl4O3/c22-15-3-1-4-16(23)13(15)11-27-20(7-8-20)19(26)21(9-10-21)28-12-14-17(24)5-2-6-18(14)25/h1-6H,7-12H2. The summed E-state index contributed by atoms with van der Waals surface area (Å²) >= 11 is 24.8. The van der Waals surface area contributed by atoms with Crippen molar-refractivity contribution < 1.29 is 14.3 Å². The van der Waals surface area contributed by atoms with Crippen molar-refractivity contribution in [3.8, 4) is 0 Å². The maximum Gasteiger partial charge on any atom is 0.196 e. The Morgan fingerprint density at radius 3 is 1.32 bits per heavy atom. The highest BCUT2D eigenvalue weighted by atomic mass is 35.5. The fraction of sp³-hybridized carbons (Fsp3) is 0.381. The minimum Gasteiger partial charge on any atom is -0.362 e. The summed E-state index contributed by atoms with van der Waals surface area (Å²) in [7, 11) is 0. The molecule has 0 spiro atoms. The van der Waals surface area contributed by atoms with E-state index >= 15 is 0 Å². The minimum absolute atomic E-state index is 0.00801. The summed E-state index contributed by atoms with van der Waals surface area (Å²) in [6, 6.07) is 10.6. The molecule has 2 aromatic rings. The Morgan fingerprint density at radius 1 is 0.714 bits per heavy atom. The number of halogens is 4. The number of ketones is 1. The van der Waals surface area contributed by atoms with Crippen LogP contribution in [0.25, 0.3) is 0 Å². The van der Waals surface area contributed by atoms with Crippen LogP contribution in [0.15, 0.2) is 36.4 Å². The summed E-state index contributed by atoms with van der Waals surface area (Å²) in [5.74, 6) is -0.00801. The molecule has 2 aromatic carbocycles. The first-order chi connectivity index (χ1) is 13.4. The zero-order chi connectivity index (χ0) is 19.9. The Morgan fingerprint density at radius 2 is 1.04 bits per heavy atom. The van der Waals surface area contributed by atoms with Gasteiger partial charge in [-0.1, -0.05) is 58.5 Å². The molecule has 2 aliphatic carbocycles. The van der Waals surface area contributed by atoms with Crippen LogP contribution in [0.4, 0.5) is 0 Å². The van der Waals surface area contributed by atoms with Crippen LogP contribution in [0.5, 0.6) is 0 Å². The molecule has 2 fully saturated rings. The Labute approximate surface area is 183 Å². The molecule has 0 unspecified atom stereocenters. The van der Waals surface area contributed by atoms with Crippen molar-refractivity contribution in [2.75, 3.05) is 0 Å². The van der Waals surface area contributed by atoms with Gasteiger partial charge in [0.05, 0.1) is 13.2 Å². The first-order valence-electron chi connectivity index (χ1n) is 9.06. The fourth-order valence-electron chi connectivity index (χ4n) is 3.28. The average Bonchev–Trinajstić information content (AvgIpc) is 3.57. The Kier molecular flexibility index (Phi) is 5.69. The third kappa shape index (κ3) is 3.94. The zero-order valence-electron chi connectivity index (χ0n) is 14.9. The normalized spacial score (nSPS) is 18.7. The van der Waals surface area contributed by atoms with Crippen molar-refractivity contribution in [1.82, 2.24) is 0 Å². The molecule has 2 saturated carbocycles. The number of benzene rings is 2. The quantitative estimate of drug-likeness (QED) is 0.442. The highest BCUT2D eigenvalue weighted by molar-refractivity contribution is 6.36. The molecule has 28 heavy (non-hydrogen) atoms. The monoisotopic (exact) mass is 458 g/mol. The summed E-state index contributed by atoms with van der Waals surface area (Å²) in [5.41, 5.74) is -0.246. The van der Waals surface area contributed by atoms with Gasteiger partial charge in [-0.25, -0.2) is 0 Å². The lowest BCUT2D eigenvalue weighted by molar-refractivity contribution is -0.150. The molecule has 0 saturated heterocycles. The third-order valence-corrected chi connectivity index (χ3v) is 6.76. The van der Waals surface area contributed by atoms with Crippen molar-refractivity contribution in [1.29, 1.82) is 0 Å². The van der Waals surface area contributed by atoms with Crippen LogP contribution in [0.3, 0.4) is 0 Å². The predicted octanol–water partition coefficient (Wildman–Crippen LogP) is 6.67. The van der Waals surface area contributed by atoms with Crippen molar-refractivity contribution in [3.05, 3.63) is 67.6 Å². The largest absolute Gasteiger partial charge is 0.362 e. The average molecular weight is 460 g/mol. The second kappa shape index (κ2) is 7.79. The molecule has 0 radical (unpaired) electrons. The number of ether oxygens (including phenoxy) is 2. The van der Waals surface area contributed by atoms with Crippen molar-refractivity contribution in [2.45, 2.75) is 50.1 Å². The zero-order valence-corrected chi connectivity index (χ0v) is 18.0. The summed E-state index contributed by atoms with van der Waals surface area (Å²) in [6.07, 6.45) is 2.69. The number of hydrogen-bond donors (Lipinski definition) is 0. The lowest BCUT2D eigenvalue weighted by Crippen LogP contribution is -2.39. The summed E-state index contributed by atoms with van der Waals surface area (Å²) in [4.78, 5) is 13.2. The molecule has 0 bridgehead atoms. The maximum absolute atomic E-state index is 13.2. The molecule has 4 rings (SSSR count). The van der Waals surface area contributed by atoms with Crippen LogP contribution in [0, 0.1) is 0 Å². The van der Waals surface area contributed by atoms with Crippen molar-refractivity contribution in [2.24, 2.45) is 0 Å². The van der Waals surface area contributed by atoms with Gasteiger partial charge in [-0.15, -0.1) is 0 Å². The van der Waals surface area contributed by atoms with Gasteiger partial charge in [0, 0.05) is 31.2 Å². The molecule has 0 heterocycles. The highest BCUT2D eigenvalue weighted by Gasteiger charge is 2.64. The SMILES string of the molecule is O=C(C1(OCc2c(Cl)cccc2Cl)CC1)C1(OCc2c(Cl)cccc2Cl)CC1. The maximum atomic E-state index is 13.2. The van der Waals surface area contributed by atoms with Gasteiger partial charge >= 0.3 is 0 Å². The van der Waals surface area contributed by atoms with E-state index in [0.717, 1.165) is 0 Å². The first-order valence-corrected chi connectivity index (χ1v) is 10.6. The Bertz CT molecular complexity index is 806. The van der Waals surface area contributed by atoms with E-state index in [1.165, 1.54) is 0 Å². The number of carbonyl (C=O) groups excluding carboxylic acids is 1. The van der Waals surface area contributed by atoms with Gasteiger partial charge in [-0.2, -0.15) is 0 Å². The van der Waals surface area contributed by atoms with Gasteiger partial charge in [0.15, 0.2) is 5.78 Å². The summed E-state index contributed by atoms with van der Waals surface area (Å²) < 4.78 is 12.1. The number of rotatable bonds is 8. The molecule has 0 atom stereocenters. The number of hydrogen-bond acceptors (Lipinski definition) is 3. The van der Waals surface area contributed by atoms with Crippen molar-refractivity contribution in [3.63, 3.8) is 0 Å². The van der Waals surface area contributed by atoms with E-state index in [2.05, 4.69) is 0 Å². The first kappa shape index (κ1) is 20.5. The molecule has 0 N–H and O–H groups in total. The molecule has 7 heteroatoms. The minimum atomic E-state index is -0.816. The third-order valence-electron chi connectivity index (χ3n) is 5.34. The second-order valence-electron chi connectivity index (χ2n) is 7.30. The van der Waals surface area contributed by atoms with E-state index < -0.39 is 11.2 Å². The topological polar surface area (TPSA) is 35.5 Å². The van der Waals surface area contributed by atoms with Crippen LogP contribution >= 0.6 is 46.4 Å². The van der Waals surface area contributed by atoms with Gasteiger partial charge in [-0.3, -0.25) is 4.79 Å². The smallest absolute Gasteiger partial charge is 0.196 e. The van der Waals surface area contributed by atoms with Gasteiger partial charge < -0.3 is 9.47 Å². The van der Waals surface area contributed by atoms with E-state index in [9.17, 15) is 4.79 Å². The molecule has 3 nitrogen and oxygen atoms in total. The van der Waals surface area contributed by atoms with E-state index in [1.807, 2.05) is 0 Å². The molecule has 0 aromatic heterocycles. The van der Waals surface area contributed by atoms with Gasteiger partial charge in [0.25, 0.3) is 0 Å². The van der Waals surface area contributed by atoms with Crippen LogP contribution < -0.4 is 0 Å². The lowest BCUT2D eigenvalue weighted by Gasteiger charge is -2.23. The van der Waals surface area contributed by atoms with Crippen LogP contribution in [0.1, 0.15) is 36.8 Å². The molecular formula is C21H18Cl4O3. The van der Waals surface area contributed by atoms with Crippen LogP contribution in [0.2, 0.25) is 20.1 Å². The van der Waals surface area contributed by atoms with E-state index in [-0.39, 0.29) is 19.0 Å². The van der Waals surface area contributed by atoms with E-state index in [0.29, 0.717) is 56.9 Å². The predicted molar refractivity (Wildman–Crippen MR) is 111 cm³/mol. The molecule has 0 amide bonds. The van der Waals surface area contributed by atoms with Crippen molar-refractivity contribution >= 4 is 52.2 Å². The molecule has 2 aliphatic rings. The van der Waals surface area contributed by atoms with Crippen LogP contribution in [-0.2, 0) is 27.5 Å². The summed E-state index contributed by atoms with van der Waals surface area (Å²) in [6.45, 7) is 0.382. The van der Waals surface area contributed by atoms with E-state index in [4.69, 9.17) is 55.9 Å². The summed E-state index contributed by atoms with van der Waals surface area (Å²) in [5, 5.41) is 2.12. The Balaban J connectivity index is 1.43. The number of carbonyl (C=O) groups is 1. The molecular weight excluding hydrogens is 442 g/mol.